The molecule has 2 rings (SSSR count). The number of aryl methyl sites for hydroxylation is 1. The van der Waals surface area contributed by atoms with Crippen LogP contribution in [0.4, 0.5) is 0 Å². The van der Waals surface area contributed by atoms with Crippen LogP contribution < -0.4 is 0 Å². The average Bonchev–Trinajstić information content (AvgIpc) is 3.04. The molecule has 0 saturated heterocycles. The van der Waals surface area contributed by atoms with Crippen molar-refractivity contribution in [3.8, 4) is 17.2 Å². The average molecular weight is 753 g/mol. The molecule has 5 nitrogen and oxygen atoms in total. The van der Waals surface area contributed by atoms with Gasteiger partial charge in [-0.3, -0.25) is 4.79 Å². The van der Waals surface area contributed by atoms with E-state index < -0.39 is 0 Å². The lowest BCUT2D eigenvalue weighted by atomic mass is 9.78. The first-order valence-electron chi connectivity index (χ1n) is 21.6. The Hall–Kier alpha value is -2.69. The van der Waals surface area contributed by atoms with Crippen molar-refractivity contribution in [2.45, 2.75) is 227 Å². The largest absolute Gasteiger partial charge is 0.508 e. The van der Waals surface area contributed by atoms with Crippen molar-refractivity contribution in [1.82, 2.24) is 0 Å². The fourth-order valence-electron chi connectivity index (χ4n) is 6.92. The van der Waals surface area contributed by atoms with E-state index in [4.69, 9.17) is 4.74 Å². The third-order valence-corrected chi connectivity index (χ3v) is 10.4. The van der Waals surface area contributed by atoms with Gasteiger partial charge >= 0.3 is 5.97 Å². The zero-order valence-corrected chi connectivity index (χ0v) is 37.4. The van der Waals surface area contributed by atoms with Crippen LogP contribution in [0.15, 0.2) is 24.3 Å². The molecule has 310 valence electrons. The van der Waals surface area contributed by atoms with Crippen LogP contribution in [0.5, 0.6) is 17.2 Å². The number of rotatable bonds is 20. The molecule has 0 atom stereocenters. The SMILES string of the molecule is CC(C)(C)c1cc(O)c(C(C)(C)C)cc1O.CCCCCCCCCCCCCCCCCCOC(=O)CCc1cc(C(C)(C)C)c(O)c(C(C)(C)C)c1. The van der Waals surface area contributed by atoms with Gasteiger partial charge in [0.1, 0.15) is 17.2 Å². The van der Waals surface area contributed by atoms with Crippen molar-refractivity contribution in [1.29, 1.82) is 0 Å². The Morgan fingerprint density at radius 3 is 1.11 bits per heavy atom. The molecule has 0 heterocycles. The highest BCUT2D eigenvalue weighted by molar-refractivity contribution is 5.69. The van der Waals surface area contributed by atoms with Gasteiger partial charge in [0.25, 0.3) is 0 Å². The van der Waals surface area contributed by atoms with Gasteiger partial charge in [0.2, 0.25) is 0 Å². The van der Waals surface area contributed by atoms with Gasteiger partial charge in [-0.25, -0.2) is 0 Å². The van der Waals surface area contributed by atoms with Gasteiger partial charge in [-0.05, 0) is 63.3 Å². The summed E-state index contributed by atoms with van der Waals surface area (Å²) < 4.78 is 5.51. The summed E-state index contributed by atoms with van der Waals surface area (Å²) in [6.07, 6.45) is 22.5. The Morgan fingerprint density at radius 1 is 0.481 bits per heavy atom. The summed E-state index contributed by atoms with van der Waals surface area (Å²) in [5.41, 5.74) is 3.88. The molecule has 0 radical (unpaired) electrons. The summed E-state index contributed by atoms with van der Waals surface area (Å²) in [5, 5.41) is 30.9. The number of hydrogen-bond acceptors (Lipinski definition) is 5. The number of ether oxygens (including phenoxy) is 1. The second-order valence-electron chi connectivity index (χ2n) is 19.9. The first-order valence-corrected chi connectivity index (χ1v) is 21.6. The van der Waals surface area contributed by atoms with E-state index in [1.54, 1.807) is 12.1 Å². The molecule has 2 aromatic carbocycles. The Bertz CT molecular complexity index is 1290. The molecule has 3 N–H and O–H groups in total. The maximum absolute atomic E-state index is 12.3. The predicted octanol–water partition coefficient (Wildman–Crippen LogP) is 14.4. The van der Waals surface area contributed by atoms with Gasteiger partial charge in [0, 0.05) is 17.5 Å². The summed E-state index contributed by atoms with van der Waals surface area (Å²) in [6.45, 7) is 27.6. The highest BCUT2D eigenvalue weighted by Gasteiger charge is 2.27. The van der Waals surface area contributed by atoms with Gasteiger partial charge in [-0.2, -0.15) is 0 Å². The number of esters is 1. The number of hydrogen-bond donors (Lipinski definition) is 3. The molecule has 0 saturated carbocycles. The summed E-state index contributed by atoms with van der Waals surface area (Å²) in [7, 11) is 0. The van der Waals surface area contributed by atoms with E-state index >= 15 is 0 Å². The van der Waals surface area contributed by atoms with Gasteiger partial charge < -0.3 is 20.1 Å². The molecule has 0 amide bonds. The van der Waals surface area contributed by atoms with E-state index in [9.17, 15) is 20.1 Å². The van der Waals surface area contributed by atoms with E-state index in [2.05, 4.69) is 60.6 Å². The zero-order valence-electron chi connectivity index (χ0n) is 37.4. The molecule has 0 aliphatic rings. The normalized spacial score (nSPS) is 12.4. The van der Waals surface area contributed by atoms with Crippen molar-refractivity contribution in [2.75, 3.05) is 6.61 Å². The molecule has 2 aromatic rings. The second kappa shape index (κ2) is 23.4. The highest BCUT2D eigenvalue weighted by atomic mass is 16.5. The predicted molar refractivity (Wildman–Crippen MR) is 232 cm³/mol. The Labute approximate surface area is 333 Å². The summed E-state index contributed by atoms with van der Waals surface area (Å²) >= 11 is 0. The van der Waals surface area contributed by atoms with Gasteiger partial charge in [-0.1, -0.05) is 198 Å². The van der Waals surface area contributed by atoms with Crippen molar-refractivity contribution < 1.29 is 24.9 Å². The number of unbranched alkanes of at least 4 members (excludes halogenated alkanes) is 15. The van der Waals surface area contributed by atoms with Crippen LogP contribution in [-0.4, -0.2) is 27.9 Å². The number of carbonyl (C=O) groups excluding carboxylic acids is 1. The number of phenols is 3. The van der Waals surface area contributed by atoms with E-state index in [1.807, 2.05) is 41.5 Å². The standard InChI is InChI=1S/C35H62O3.C14H22O2/c1-8-9-10-11-12-13-14-15-16-17-18-19-20-21-22-23-26-38-32(36)25-24-29-27-30(34(2,3)4)33(37)31(28-29)35(5,6)7;1-13(2,3)9-7-12(16)10(8-11(9)15)14(4,5)6/h27-28,37H,8-26H2,1-7H3;7-8,15-16H,1-6H3. The van der Waals surface area contributed by atoms with Crippen molar-refractivity contribution in [2.24, 2.45) is 0 Å². The maximum atomic E-state index is 12.3. The lowest BCUT2D eigenvalue weighted by Crippen LogP contribution is -2.18. The maximum Gasteiger partial charge on any atom is 0.306 e. The lowest BCUT2D eigenvalue weighted by Gasteiger charge is -2.28. The van der Waals surface area contributed by atoms with Crippen LogP contribution in [-0.2, 0) is 37.6 Å². The molecule has 0 aliphatic heterocycles. The number of aromatic hydroxyl groups is 3. The van der Waals surface area contributed by atoms with E-state index in [0.717, 1.165) is 40.7 Å². The van der Waals surface area contributed by atoms with Crippen LogP contribution in [0.25, 0.3) is 0 Å². The van der Waals surface area contributed by atoms with Crippen molar-refractivity contribution in [3.63, 3.8) is 0 Å². The van der Waals surface area contributed by atoms with Crippen LogP contribution in [0.3, 0.4) is 0 Å². The van der Waals surface area contributed by atoms with E-state index in [1.165, 1.54) is 89.9 Å². The van der Waals surface area contributed by atoms with Crippen LogP contribution >= 0.6 is 0 Å². The second-order valence-corrected chi connectivity index (χ2v) is 19.9. The van der Waals surface area contributed by atoms with Gasteiger partial charge in [0.05, 0.1) is 6.61 Å². The number of phenolic OH excluding ortho intramolecular Hbond substituents is 3. The summed E-state index contributed by atoms with van der Waals surface area (Å²) in [5.74, 6) is 0.791. The quantitative estimate of drug-likeness (QED) is 0.0712. The Balaban J connectivity index is 0.000000755. The van der Waals surface area contributed by atoms with Crippen LogP contribution in [0, 0.1) is 0 Å². The molecule has 5 heteroatoms. The minimum Gasteiger partial charge on any atom is -0.508 e. The fraction of sp³-hybridized carbons (Fsp3) is 0.735. The van der Waals surface area contributed by atoms with E-state index in [0.29, 0.717) is 25.2 Å². The number of benzene rings is 2. The highest BCUT2D eigenvalue weighted by Crippen LogP contribution is 2.41. The summed E-state index contributed by atoms with van der Waals surface area (Å²) in [6, 6.07) is 7.48. The molecule has 0 aliphatic carbocycles. The van der Waals surface area contributed by atoms with Crippen molar-refractivity contribution >= 4 is 5.97 Å². The molecular weight excluding hydrogens is 669 g/mol. The van der Waals surface area contributed by atoms with Gasteiger partial charge in [-0.15, -0.1) is 0 Å². The summed E-state index contributed by atoms with van der Waals surface area (Å²) in [4.78, 5) is 12.3. The molecule has 0 spiro atoms. The molecule has 54 heavy (non-hydrogen) atoms. The molecule has 0 aromatic heterocycles. The third-order valence-electron chi connectivity index (χ3n) is 10.4. The molecule has 0 unspecified atom stereocenters. The number of carbonyl (C=O) groups is 1. The first-order chi connectivity index (χ1) is 25.0. The van der Waals surface area contributed by atoms with Crippen LogP contribution in [0.2, 0.25) is 0 Å². The molecular formula is C49H84O5. The fourth-order valence-corrected chi connectivity index (χ4v) is 6.92. The topological polar surface area (TPSA) is 87.0 Å². The Kier molecular flexibility index (Phi) is 21.4. The molecule has 0 fully saturated rings. The molecule has 0 bridgehead atoms. The third kappa shape index (κ3) is 19.3. The lowest BCUT2D eigenvalue weighted by molar-refractivity contribution is -0.143. The first kappa shape index (κ1) is 49.3. The minimum absolute atomic E-state index is 0.117. The van der Waals surface area contributed by atoms with Crippen molar-refractivity contribution in [3.05, 3.63) is 52.1 Å². The monoisotopic (exact) mass is 753 g/mol. The van der Waals surface area contributed by atoms with Gasteiger partial charge in [0.15, 0.2) is 0 Å². The van der Waals surface area contributed by atoms with E-state index in [-0.39, 0.29) is 39.1 Å². The minimum atomic E-state index is -0.169. The zero-order chi connectivity index (χ0) is 41.2. The smallest absolute Gasteiger partial charge is 0.306 e. The Morgan fingerprint density at radius 2 is 0.796 bits per heavy atom. The van der Waals surface area contributed by atoms with Crippen LogP contribution in [0.1, 0.15) is 227 Å².